The van der Waals surface area contributed by atoms with Gasteiger partial charge in [0.2, 0.25) is 11.8 Å². The van der Waals surface area contributed by atoms with Crippen molar-refractivity contribution in [3.05, 3.63) is 119 Å². The van der Waals surface area contributed by atoms with Gasteiger partial charge in [-0.3, -0.25) is 24.6 Å². The molecule has 2 N–H and O–H groups in total. The highest BCUT2D eigenvalue weighted by Gasteiger charge is 2.40. The number of ether oxygens (including phenoxy) is 3. The predicted octanol–water partition coefficient (Wildman–Crippen LogP) is 7.30. The van der Waals surface area contributed by atoms with E-state index in [1.165, 1.54) is 11.1 Å². The van der Waals surface area contributed by atoms with Crippen molar-refractivity contribution in [2.24, 2.45) is 23.7 Å². The van der Waals surface area contributed by atoms with E-state index >= 15 is 0 Å². The molecule has 4 aromatic rings. The molecular formula is C46H50N2O7. The van der Waals surface area contributed by atoms with Crippen molar-refractivity contribution in [1.29, 1.82) is 0 Å². The number of imide groups is 1. The summed E-state index contributed by atoms with van der Waals surface area (Å²) in [5, 5.41) is 12.5. The third-order valence-corrected chi connectivity index (χ3v) is 12.3. The highest BCUT2D eigenvalue weighted by atomic mass is 16.5. The summed E-state index contributed by atoms with van der Waals surface area (Å²) in [6, 6.07) is 30.1. The molecule has 2 saturated heterocycles. The molecule has 2 amide bonds. The highest BCUT2D eigenvalue weighted by molar-refractivity contribution is 6.02. The number of aryl methyl sites for hydroxylation is 1. The number of ketones is 1. The average Bonchev–Trinajstić information content (AvgIpc) is 3.18. The molecule has 5 unspecified atom stereocenters. The van der Waals surface area contributed by atoms with Gasteiger partial charge in [-0.05, 0) is 97.0 Å². The zero-order valence-corrected chi connectivity index (χ0v) is 31.5. The summed E-state index contributed by atoms with van der Waals surface area (Å²) < 4.78 is 18.4. The zero-order chi connectivity index (χ0) is 37.9. The first-order valence-electron chi connectivity index (χ1n) is 19.9. The minimum atomic E-state index is -0.300. The van der Waals surface area contributed by atoms with Crippen molar-refractivity contribution in [2.45, 2.75) is 57.3 Å². The molecule has 5 atom stereocenters. The molecule has 286 valence electrons. The lowest BCUT2D eigenvalue weighted by Gasteiger charge is -2.39. The first-order valence-corrected chi connectivity index (χ1v) is 19.9. The van der Waals surface area contributed by atoms with Crippen LogP contribution >= 0.6 is 0 Å². The number of likely N-dealkylation sites (tertiary alicyclic amines) is 1. The van der Waals surface area contributed by atoms with Crippen LogP contribution in [0.1, 0.15) is 83.5 Å². The van der Waals surface area contributed by atoms with Crippen LogP contribution in [0.3, 0.4) is 0 Å². The largest absolute Gasteiger partial charge is 0.508 e. The van der Waals surface area contributed by atoms with Gasteiger partial charge in [-0.2, -0.15) is 0 Å². The summed E-state index contributed by atoms with van der Waals surface area (Å²) >= 11 is 0. The lowest BCUT2D eigenvalue weighted by atomic mass is 9.70. The van der Waals surface area contributed by atoms with E-state index in [1.54, 1.807) is 12.1 Å². The maximum Gasteiger partial charge on any atom is 0.229 e. The summed E-state index contributed by atoms with van der Waals surface area (Å²) in [6.45, 7) is 6.84. The van der Waals surface area contributed by atoms with E-state index in [-0.39, 0.29) is 52.9 Å². The molecule has 55 heavy (non-hydrogen) atoms. The number of fused-ring (bicyclic) bond motifs is 2. The Hall–Kier alpha value is -5.15. The number of rotatable bonds is 13. The summed E-state index contributed by atoms with van der Waals surface area (Å²) in [6.07, 6.45) is 4.42. The SMILES string of the molecule is CC(C1CCC(=O)NC1=O)C1CCc2cc(OCCCC3CN(CCOc4ccc(C5c6ccc(O)cc6OCC5c5ccccc5)cc4)C3)ccc2C1=O. The Morgan fingerprint density at radius 1 is 0.836 bits per heavy atom. The number of amides is 2. The molecule has 9 heteroatoms. The zero-order valence-electron chi connectivity index (χ0n) is 31.5. The summed E-state index contributed by atoms with van der Waals surface area (Å²) in [5.74, 6) is 2.55. The number of carbonyl (C=O) groups is 3. The summed E-state index contributed by atoms with van der Waals surface area (Å²) in [5.41, 5.74) is 5.26. The average molecular weight is 743 g/mol. The number of nitrogens with zero attached hydrogens (tertiary/aromatic N) is 1. The van der Waals surface area contributed by atoms with Crippen LogP contribution in [0.25, 0.3) is 0 Å². The van der Waals surface area contributed by atoms with Gasteiger partial charge in [-0.1, -0.05) is 55.5 Å². The van der Waals surface area contributed by atoms with Crippen molar-refractivity contribution < 1.29 is 33.7 Å². The van der Waals surface area contributed by atoms with Gasteiger partial charge in [0.15, 0.2) is 5.78 Å². The molecule has 3 aliphatic heterocycles. The van der Waals surface area contributed by atoms with E-state index < -0.39 is 0 Å². The number of hydrogen-bond donors (Lipinski definition) is 2. The number of piperidine rings is 1. The number of Topliss-reactive ketones (excluding diaryl/α,β-unsaturated/α-hetero) is 1. The third-order valence-electron chi connectivity index (χ3n) is 12.3. The maximum atomic E-state index is 13.4. The van der Waals surface area contributed by atoms with Crippen LogP contribution in [-0.2, 0) is 16.0 Å². The van der Waals surface area contributed by atoms with Gasteiger partial charge in [-0.25, -0.2) is 0 Å². The molecule has 0 radical (unpaired) electrons. The quantitative estimate of drug-likeness (QED) is 0.108. The van der Waals surface area contributed by atoms with Crippen molar-refractivity contribution >= 4 is 17.6 Å². The molecule has 0 bridgehead atoms. The van der Waals surface area contributed by atoms with Crippen molar-refractivity contribution in [3.8, 4) is 23.0 Å². The minimum Gasteiger partial charge on any atom is -0.508 e. The normalized spacial score (nSPS) is 23.1. The van der Waals surface area contributed by atoms with Crippen LogP contribution in [0.2, 0.25) is 0 Å². The summed E-state index contributed by atoms with van der Waals surface area (Å²) in [4.78, 5) is 39.9. The molecule has 0 saturated carbocycles. The third kappa shape index (κ3) is 8.13. The Balaban J connectivity index is 0.752. The second kappa shape index (κ2) is 16.3. The smallest absolute Gasteiger partial charge is 0.229 e. The van der Waals surface area contributed by atoms with E-state index in [4.69, 9.17) is 14.2 Å². The minimum absolute atomic E-state index is 0.0975. The second-order valence-electron chi connectivity index (χ2n) is 15.8. The Bertz CT molecular complexity index is 2010. The number of carbonyl (C=O) groups excluding carboxylic acids is 3. The number of phenolic OH excluding ortho intramolecular Hbond substituents is 1. The van der Waals surface area contributed by atoms with Crippen molar-refractivity contribution in [3.63, 3.8) is 0 Å². The van der Waals surface area contributed by atoms with Gasteiger partial charge < -0.3 is 19.3 Å². The fraction of sp³-hybridized carbons (Fsp3) is 0.413. The van der Waals surface area contributed by atoms with E-state index in [1.807, 2.05) is 37.3 Å². The van der Waals surface area contributed by atoms with E-state index in [2.05, 4.69) is 58.7 Å². The molecule has 4 aliphatic rings. The molecule has 0 spiro atoms. The van der Waals surface area contributed by atoms with Crippen LogP contribution in [0, 0.1) is 23.7 Å². The molecule has 9 nitrogen and oxygen atoms in total. The molecule has 4 aromatic carbocycles. The number of benzene rings is 4. The van der Waals surface area contributed by atoms with Gasteiger partial charge in [0.25, 0.3) is 0 Å². The van der Waals surface area contributed by atoms with Crippen LogP contribution in [0.4, 0.5) is 0 Å². The Kier molecular flexibility index (Phi) is 10.9. The molecule has 1 aliphatic carbocycles. The Morgan fingerprint density at radius 2 is 1.60 bits per heavy atom. The number of nitrogens with one attached hydrogen (secondary N) is 1. The standard InChI is InChI=1S/C46H50N2O7/c1-29(38-19-20-43(50)47-46(38)52)37-16-11-33-24-36(15-18-39(33)45(37)51)53-22-5-6-30-26-48(27-30)21-23-54-35-13-9-32(10-14-35)44-40-17-12-34(49)25-42(40)55-28-41(44)31-7-3-2-4-8-31/h2-4,7-10,12-15,17-18,24-25,29-30,37-38,41,44,49H,5-6,11,16,19-23,26-28H2,1H3,(H,47,50,52). The maximum absolute atomic E-state index is 13.4. The molecular weight excluding hydrogens is 693 g/mol. The molecule has 8 rings (SSSR count). The van der Waals surface area contributed by atoms with Gasteiger partial charge >= 0.3 is 0 Å². The lowest BCUT2D eigenvalue weighted by molar-refractivity contribution is -0.138. The fourth-order valence-electron chi connectivity index (χ4n) is 9.21. The van der Waals surface area contributed by atoms with Gasteiger partial charge in [0, 0.05) is 66.9 Å². The van der Waals surface area contributed by atoms with Crippen molar-refractivity contribution in [1.82, 2.24) is 10.2 Å². The second-order valence-corrected chi connectivity index (χ2v) is 15.8. The molecule has 0 aromatic heterocycles. The van der Waals surface area contributed by atoms with Crippen LogP contribution in [-0.4, -0.2) is 67.1 Å². The lowest BCUT2D eigenvalue weighted by Crippen LogP contribution is -2.48. The predicted molar refractivity (Wildman–Crippen MR) is 209 cm³/mol. The van der Waals surface area contributed by atoms with Gasteiger partial charge in [-0.15, -0.1) is 0 Å². The Labute approximate surface area is 323 Å². The molecule has 2 fully saturated rings. The van der Waals surface area contributed by atoms with Crippen LogP contribution < -0.4 is 19.5 Å². The fourth-order valence-corrected chi connectivity index (χ4v) is 9.21. The monoisotopic (exact) mass is 742 g/mol. The summed E-state index contributed by atoms with van der Waals surface area (Å²) in [7, 11) is 0. The van der Waals surface area contributed by atoms with E-state index in [0.29, 0.717) is 45.0 Å². The number of hydrogen-bond acceptors (Lipinski definition) is 8. The first-order chi connectivity index (χ1) is 26.8. The van der Waals surface area contributed by atoms with E-state index in [0.717, 1.165) is 72.8 Å². The van der Waals surface area contributed by atoms with Crippen molar-refractivity contribution in [2.75, 3.05) is 39.5 Å². The van der Waals surface area contributed by atoms with Gasteiger partial charge in [0.1, 0.15) is 29.6 Å². The number of phenols is 1. The Morgan fingerprint density at radius 3 is 2.40 bits per heavy atom. The first kappa shape index (κ1) is 36.8. The van der Waals surface area contributed by atoms with Crippen LogP contribution in [0.15, 0.2) is 91.0 Å². The van der Waals surface area contributed by atoms with Gasteiger partial charge in [0.05, 0.1) is 13.2 Å². The highest BCUT2D eigenvalue weighted by Crippen LogP contribution is 2.47. The topological polar surface area (TPSA) is 114 Å². The number of aromatic hydroxyl groups is 1. The van der Waals surface area contributed by atoms with Crippen LogP contribution in [0.5, 0.6) is 23.0 Å². The van der Waals surface area contributed by atoms with E-state index in [9.17, 15) is 19.5 Å². The molecule has 3 heterocycles.